The number of carbonyl (C=O) groups is 1. The first-order valence-corrected chi connectivity index (χ1v) is 8.79. The molecule has 1 amide bonds. The summed E-state index contributed by atoms with van der Waals surface area (Å²) in [5, 5.41) is 3.12. The third kappa shape index (κ3) is 4.79. The van der Waals surface area contributed by atoms with Crippen LogP contribution in [0, 0.1) is 6.92 Å². The average molecular weight is 353 g/mol. The summed E-state index contributed by atoms with van der Waals surface area (Å²) in [6.45, 7) is 3.39. The molecule has 23 heavy (non-hydrogen) atoms. The fourth-order valence-corrected chi connectivity index (χ4v) is 3.27. The Bertz CT molecular complexity index is 804. The van der Waals surface area contributed by atoms with Crippen LogP contribution in [0.3, 0.4) is 0 Å². The molecular weight excluding hydrogens is 336 g/mol. The molecule has 0 fully saturated rings. The summed E-state index contributed by atoms with van der Waals surface area (Å²) in [6.07, 6.45) is 0. The Hall–Kier alpha value is -1.89. The predicted molar refractivity (Wildman–Crippen MR) is 91.0 cm³/mol. The Labute approximate surface area is 140 Å². The van der Waals surface area contributed by atoms with Crippen LogP contribution in [0.5, 0.6) is 0 Å². The predicted octanol–water partition coefficient (Wildman–Crippen LogP) is 2.95. The van der Waals surface area contributed by atoms with Crippen LogP contribution in [0.15, 0.2) is 53.4 Å². The standard InChI is InChI=1S/C16H17ClN2O3S/c1-11-4-3-5-14(10-11)18-16(20)12(2)19-23(21,22)15-8-6-13(17)7-9-15/h3-10,12,19H,1-2H3,(H,18,20)/t12-/m0/s1. The maximum absolute atomic E-state index is 12.2. The molecule has 7 heteroatoms. The summed E-state index contributed by atoms with van der Waals surface area (Å²) >= 11 is 5.74. The summed E-state index contributed by atoms with van der Waals surface area (Å²) in [5.41, 5.74) is 1.62. The Morgan fingerprint density at radius 3 is 2.39 bits per heavy atom. The van der Waals surface area contributed by atoms with Gasteiger partial charge in [0, 0.05) is 10.7 Å². The third-order valence-electron chi connectivity index (χ3n) is 3.13. The van der Waals surface area contributed by atoms with Crippen LogP contribution < -0.4 is 10.0 Å². The van der Waals surface area contributed by atoms with Crippen molar-refractivity contribution in [2.75, 3.05) is 5.32 Å². The van der Waals surface area contributed by atoms with Crippen molar-refractivity contribution in [2.45, 2.75) is 24.8 Å². The number of hydrogen-bond donors (Lipinski definition) is 2. The van der Waals surface area contributed by atoms with Gasteiger partial charge in [0.15, 0.2) is 0 Å². The SMILES string of the molecule is Cc1cccc(NC(=O)[C@H](C)NS(=O)(=O)c2ccc(Cl)cc2)c1. The molecule has 0 heterocycles. The molecule has 0 aliphatic rings. The second-order valence-corrected chi connectivity index (χ2v) is 7.31. The number of anilines is 1. The van der Waals surface area contributed by atoms with Crippen LogP contribution in [0.25, 0.3) is 0 Å². The van der Waals surface area contributed by atoms with Crippen molar-refractivity contribution in [3.63, 3.8) is 0 Å². The van der Waals surface area contributed by atoms with Gasteiger partial charge in [0.1, 0.15) is 0 Å². The number of amides is 1. The molecule has 2 aromatic carbocycles. The highest BCUT2D eigenvalue weighted by molar-refractivity contribution is 7.89. The van der Waals surface area contributed by atoms with Gasteiger partial charge in [-0.15, -0.1) is 0 Å². The maximum Gasteiger partial charge on any atom is 0.242 e. The molecule has 2 rings (SSSR count). The first-order valence-electron chi connectivity index (χ1n) is 6.93. The molecule has 122 valence electrons. The Morgan fingerprint density at radius 2 is 1.78 bits per heavy atom. The molecule has 2 aromatic rings. The molecule has 2 N–H and O–H groups in total. The van der Waals surface area contributed by atoms with Crippen molar-refractivity contribution in [3.05, 3.63) is 59.1 Å². The highest BCUT2D eigenvalue weighted by Crippen LogP contribution is 2.15. The number of benzene rings is 2. The lowest BCUT2D eigenvalue weighted by molar-refractivity contribution is -0.117. The fourth-order valence-electron chi connectivity index (χ4n) is 1.94. The quantitative estimate of drug-likeness (QED) is 0.868. The van der Waals surface area contributed by atoms with Gasteiger partial charge >= 0.3 is 0 Å². The summed E-state index contributed by atoms with van der Waals surface area (Å²) < 4.78 is 26.8. The van der Waals surface area contributed by atoms with E-state index in [2.05, 4.69) is 10.0 Å². The van der Waals surface area contributed by atoms with E-state index in [0.29, 0.717) is 10.7 Å². The lowest BCUT2D eigenvalue weighted by atomic mass is 10.2. The van der Waals surface area contributed by atoms with Crippen molar-refractivity contribution in [2.24, 2.45) is 0 Å². The molecule has 0 aliphatic heterocycles. The number of halogens is 1. The Morgan fingerprint density at radius 1 is 1.13 bits per heavy atom. The fraction of sp³-hybridized carbons (Fsp3) is 0.188. The lowest BCUT2D eigenvalue weighted by Crippen LogP contribution is -2.41. The summed E-state index contributed by atoms with van der Waals surface area (Å²) in [7, 11) is -3.79. The first kappa shape index (κ1) is 17.5. The zero-order chi connectivity index (χ0) is 17.0. The largest absolute Gasteiger partial charge is 0.325 e. The van der Waals surface area contributed by atoms with Gasteiger partial charge in [-0.3, -0.25) is 4.79 Å². The second-order valence-electron chi connectivity index (χ2n) is 5.16. The average Bonchev–Trinajstić information content (AvgIpc) is 2.47. The van der Waals surface area contributed by atoms with Crippen LogP contribution in [-0.2, 0) is 14.8 Å². The first-order chi connectivity index (χ1) is 10.8. The Kier molecular flexibility index (Phi) is 5.41. The molecule has 0 aromatic heterocycles. The molecule has 0 radical (unpaired) electrons. The van der Waals surface area contributed by atoms with E-state index >= 15 is 0 Å². The molecule has 0 spiro atoms. The van der Waals surface area contributed by atoms with Gasteiger partial charge in [0.2, 0.25) is 15.9 Å². The maximum atomic E-state index is 12.2. The van der Waals surface area contributed by atoms with E-state index in [1.807, 2.05) is 19.1 Å². The number of aryl methyl sites for hydroxylation is 1. The van der Waals surface area contributed by atoms with Crippen molar-refractivity contribution in [3.8, 4) is 0 Å². The van der Waals surface area contributed by atoms with Gasteiger partial charge in [-0.1, -0.05) is 23.7 Å². The van der Waals surface area contributed by atoms with E-state index in [9.17, 15) is 13.2 Å². The third-order valence-corrected chi connectivity index (χ3v) is 4.94. The zero-order valence-electron chi connectivity index (χ0n) is 12.7. The molecule has 5 nitrogen and oxygen atoms in total. The molecular formula is C16H17ClN2O3S. The minimum atomic E-state index is -3.79. The van der Waals surface area contributed by atoms with Crippen LogP contribution in [0.4, 0.5) is 5.69 Å². The van der Waals surface area contributed by atoms with Gasteiger partial charge in [0.05, 0.1) is 10.9 Å². The van der Waals surface area contributed by atoms with Crippen molar-refractivity contribution >= 4 is 33.2 Å². The van der Waals surface area contributed by atoms with Gasteiger partial charge in [-0.2, -0.15) is 4.72 Å². The second kappa shape index (κ2) is 7.12. The smallest absolute Gasteiger partial charge is 0.242 e. The molecule has 0 aliphatic carbocycles. The zero-order valence-corrected chi connectivity index (χ0v) is 14.3. The number of sulfonamides is 1. The van der Waals surface area contributed by atoms with Gasteiger partial charge in [-0.05, 0) is 55.8 Å². The lowest BCUT2D eigenvalue weighted by Gasteiger charge is -2.14. The van der Waals surface area contributed by atoms with Crippen LogP contribution >= 0.6 is 11.6 Å². The van der Waals surface area contributed by atoms with Gasteiger partial charge in [0.25, 0.3) is 0 Å². The summed E-state index contributed by atoms with van der Waals surface area (Å²) in [5.74, 6) is -0.437. The highest BCUT2D eigenvalue weighted by atomic mass is 35.5. The molecule has 0 saturated heterocycles. The molecule has 0 bridgehead atoms. The van der Waals surface area contributed by atoms with E-state index in [0.717, 1.165) is 5.56 Å². The van der Waals surface area contributed by atoms with Gasteiger partial charge < -0.3 is 5.32 Å². The van der Waals surface area contributed by atoms with Crippen LogP contribution in [-0.4, -0.2) is 20.4 Å². The van der Waals surface area contributed by atoms with E-state index in [4.69, 9.17) is 11.6 Å². The summed E-state index contributed by atoms with van der Waals surface area (Å²) in [4.78, 5) is 12.2. The van der Waals surface area contributed by atoms with Crippen LogP contribution in [0.1, 0.15) is 12.5 Å². The van der Waals surface area contributed by atoms with E-state index in [-0.39, 0.29) is 4.90 Å². The minimum Gasteiger partial charge on any atom is -0.325 e. The number of rotatable bonds is 5. The Balaban J connectivity index is 2.06. The van der Waals surface area contributed by atoms with E-state index in [1.54, 1.807) is 12.1 Å². The van der Waals surface area contributed by atoms with Crippen molar-refractivity contribution in [1.82, 2.24) is 4.72 Å². The normalized spacial score (nSPS) is 12.7. The summed E-state index contributed by atoms with van der Waals surface area (Å²) in [6, 6.07) is 12.1. The molecule has 1 atom stereocenters. The monoisotopic (exact) mass is 352 g/mol. The van der Waals surface area contributed by atoms with Crippen molar-refractivity contribution < 1.29 is 13.2 Å². The van der Waals surface area contributed by atoms with Gasteiger partial charge in [-0.25, -0.2) is 8.42 Å². The highest BCUT2D eigenvalue weighted by Gasteiger charge is 2.22. The number of nitrogens with one attached hydrogen (secondary N) is 2. The number of carbonyl (C=O) groups excluding carboxylic acids is 1. The topological polar surface area (TPSA) is 75.3 Å². The minimum absolute atomic E-state index is 0.0529. The molecule has 0 saturated carbocycles. The van der Waals surface area contributed by atoms with E-state index in [1.165, 1.54) is 31.2 Å². The van der Waals surface area contributed by atoms with Crippen LogP contribution in [0.2, 0.25) is 5.02 Å². The van der Waals surface area contributed by atoms with E-state index < -0.39 is 22.0 Å². The molecule has 0 unspecified atom stereocenters. The van der Waals surface area contributed by atoms with Crippen molar-refractivity contribution in [1.29, 1.82) is 0 Å². The number of hydrogen-bond acceptors (Lipinski definition) is 3.